The van der Waals surface area contributed by atoms with Crippen molar-refractivity contribution >= 4 is 23.3 Å². The van der Waals surface area contributed by atoms with Crippen molar-refractivity contribution in [2.24, 2.45) is 0 Å². The number of hydrogen-bond acceptors (Lipinski definition) is 3. The fraction of sp³-hybridized carbons (Fsp3) is 0.273. The van der Waals surface area contributed by atoms with E-state index in [1.807, 2.05) is 0 Å². The van der Waals surface area contributed by atoms with E-state index in [1.165, 1.54) is 20.1 Å². The second-order valence-corrected chi connectivity index (χ2v) is 3.67. The molecule has 1 N–H and O–H groups in total. The molecule has 0 bridgehead atoms. The molecule has 0 aliphatic rings. The lowest BCUT2D eigenvalue weighted by molar-refractivity contribution is -0.116. The quantitative estimate of drug-likeness (QED) is 0.872. The number of carbonyl (C=O) groups excluding carboxylic acids is 2. The van der Waals surface area contributed by atoms with E-state index in [-0.39, 0.29) is 18.2 Å². The van der Waals surface area contributed by atoms with Gasteiger partial charge in [-0.2, -0.15) is 0 Å². The number of nitrogens with one attached hydrogen (secondary N) is 1. The van der Waals surface area contributed by atoms with Gasteiger partial charge in [0.1, 0.15) is 11.5 Å². The van der Waals surface area contributed by atoms with E-state index in [4.69, 9.17) is 16.3 Å². The molecule has 0 saturated heterocycles. The topological polar surface area (TPSA) is 55.4 Å². The largest absolute Gasteiger partial charge is 0.496 e. The third-order valence-corrected chi connectivity index (χ3v) is 2.14. The van der Waals surface area contributed by atoms with Gasteiger partial charge in [0.2, 0.25) is 0 Å². The molecule has 0 radical (unpaired) electrons. The van der Waals surface area contributed by atoms with Crippen LogP contribution in [0.15, 0.2) is 18.2 Å². The van der Waals surface area contributed by atoms with Crippen LogP contribution in [0.2, 0.25) is 5.02 Å². The molecule has 0 heterocycles. The van der Waals surface area contributed by atoms with Crippen LogP contribution in [0.5, 0.6) is 5.75 Å². The number of methoxy groups -OCH3 is 1. The molecular weight excluding hydrogens is 230 g/mol. The van der Waals surface area contributed by atoms with Crippen LogP contribution in [-0.4, -0.2) is 25.3 Å². The van der Waals surface area contributed by atoms with Crippen LogP contribution in [0.25, 0.3) is 0 Å². The van der Waals surface area contributed by atoms with Crippen molar-refractivity contribution in [3.8, 4) is 5.75 Å². The number of Topliss-reactive ketones (excluding diaryl/α,β-unsaturated/α-hetero) is 1. The van der Waals surface area contributed by atoms with Gasteiger partial charge >= 0.3 is 0 Å². The first kappa shape index (κ1) is 12.5. The molecule has 0 aliphatic heterocycles. The Morgan fingerprint density at radius 2 is 2.12 bits per heavy atom. The standard InChI is InChI=1S/C11H12ClNO3/c1-7(14)6-13-11(15)9-5-8(12)3-4-10(9)16-2/h3-5H,6H2,1-2H3,(H,13,15). The number of benzene rings is 1. The van der Waals surface area contributed by atoms with Gasteiger partial charge in [0.15, 0.2) is 0 Å². The predicted octanol–water partition coefficient (Wildman–Crippen LogP) is 1.67. The van der Waals surface area contributed by atoms with Gasteiger partial charge in [-0.1, -0.05) is 11.6 Å². The lowest BCUT2D eigenvalue weighted by Crippen LogP contribution is -2.28. The van der Waals surface area contributed by atoms with Crippen LogP contribution in [0.1, 0.15) is 17.3 Å². The second kappa shape index (κ2) is 5.51. The lowest BCUT2D eigenvalue weighted by Gasteiger charge is -2.08. The van der Waals surface area contributed by atoms with Gasteiger partial charge in [0.05, 0.1) is 19.2 Å². The Hall–Kier alpha value is -1.55. The van der Waals surface area contributed by atoms with Crippen molar-refractivity contribution in [3.63, 3.8) is 0 Å². The van der Waals surface area contributed by atoms with Gasteiger partial charge < -0.3 is 10.1 Å². The molecule has 5 heteroatoms. The SMILES string of the molecule is COc1ccc(Cl)cc1C(=O)NCC(C)=O. The van der Waals surface area contributed by atoms with E-state index in [9.17, 15) is 9.59 Å². The minimum absolute atomic E-state index is 0.00546. The highest BCUT2D eigenvalue weighted by molar-refractivity contribution is 6.31. The molecule has 0 aliphatic carbocycles. The van der Waals surface area contributed by atoms with Gasteiger partial charge in [0, 0.05) is 5.02 Å². The molecular formula is C11H12ClNO3. The van der Waals surface area contributed by atoms with E-state index in [0.717, 1.165) is 0 Å². The summed E-state index contributed by atoms with van der Waals surface area (Å²) in [6, 6.07) is 4.73. The summed E-state index contributed by atoms with van der Waals surface area (Å²) < 4.78 is 5.02. The van der Waals surface area contributed by atoms with E-state index < -0.39 is 0 Å². The van der Waals surface area contributed by atoms with Crippen molar-refractivity contribution in [1.29, 1.82) is 0 Å². The maximum absolute atomic E-state index is 11.7. The van der Waals surface area contributed by atoms with Crippen LogP contribution < -0.4 is 10.1 Å². The Balaban J connectivity index is 2.88. The molecule has 0 saturated carbocycles. The highest BCUT2D eigenvalue weighted by atomic mass is 35.5. The fourth-order valence-corrected chi connectivity index (χ4v) is 1.33. The maximum atomic E-state index is 11.7. The molecule has 0 spiro atoms. The Bertz CT molecular complexity index is 418. The lowest BCUT2D eigenvalue weighted by atomic mass is 10.2. The minimum atomic E-state index is -0.380. The third kappa shape index (κ3) is 3.24. The first-order valence-corrected chi connectivity index (χ1v) is 5.03. The van der Waals surface area contributed by atoms with E-state index in [0.29, 0.717) is 16.3 Å². The summed E-state index contributed by atoms with van der Waals surface area (Å²) in [5.41, 5.74) is 0.316. The van der Waals surface area contributed by atoms with E-state index >= 15 is 0 Å². The van der Waals surface area contributed by atoms with Gasteiger partial charge in [-0.05, 0) is 25.1 Å². The van der Waals surface area contributed by atoms with E-state index in [2.05, 4.69) is 5.32 Å². The molecule has 86 valence electrons. The van der Waals surface area contributed by atoms with Crippen LogP contribution in [0.4, 0.5) is 0 Å². The summed E-state index contributed by atoms with van der Waals surface area (Å²) in [4.78, 5) is 22.4. The highest BCUT2D eigenvalue weighted by Crippen LogP contribution is 2.22. The number of hydrogen-bond donors (Lipinski definition) is 1. The average molecular weight is 242 g/mol. The van der Waals surface area contributed by atoms with Gasteiger partial charge in [-0.3, -0.25) is 9.59 Å². The molecule has 4 nitrogen and oxygen atoms in total. The van der Waals surface area contributed by atoms with Gasteiger partial charge in [-0.25, -0.2) is 0 Å². The molecule has 0 unspecified atom stereocenters. The summed E-state index contributed by atoms with van der Waals surface area (Å²) in [5.74, 6) is -0.0747. The molecule has 0 aromatic heterocycles. The van der Waals surface area contributed by atoms with Crippen LogP contribution >= 0.6 is 11.6 Å². The number of ether oxygens (including phenoxy) is 1. The van der Waals surface area contributed by atoms with E-state index in [1.54, 1.807) is 12.1 Å². The smallest absolute Gasteiger partial charge is 0.255 e. The summed E-state index contributed by atoms with van der Waals surface area (Å²) >= 11 is 5.78. The average Bonchev–Trinajstić information content (AvgIpc) is 2.25. The Morgan fingerprint density at radius 1 is 1.44 bits per heavy atom. The summed E-state index contributed by atoms with van der Waals surface area (Å²) in [6.07, 6.45) is 0. The highest BCUT2D eigenvalue weighted by Gasteiger charge is 2.12. The second-order valence-electron chi connectivity index (χ2n) is 3.23. The Labute approximate surface area is 98.5 Å². The van der Waals surface area contributed by atoms with Crippen molar-refractivity contribution in [2.75, 3.05) is 13.7 Å². The number of halogens is 1. The summed E-state index contributed by atoms with van der Waals surface area (Å²) in [7, 11) is 1.46. The normalized spacial score (nSPS) is 9.69. The van der Waals surface area contributed by atoms with Gasteiger partial charge in [-0.15, -0.1) is 0 Å². The van der Waals surface area contributed by atoms with Crippen molar-refractivity contribution < 1.29 is 14.3 Å². The molecule has 1 amide bonds. The third-order valence-electron chi connectivity index (χ3n) is 1.90. The van der Waals surface area contributed by atoms with Crippen molar-refractivity contribution in [3.05, 3.63) is 28.8 Å². The van der Waals surface area contributed by atoms with Crippen molar-refractivity contribution in [2.45, 2.75) is 6.92 Å². The van der Waals surface area contributed by atoms with Crippen LogP contribution in [0, 0.1) is 0 Å². The number of ketones is 1. The zero-order valence-electron chi connectivity index (χ0n) is 9.04. The molecule has 0 fully saturated rings. The van der Waals surface area contributed by atoms with Crippen molar-refractivity contribution in [1.82, 2.24) is 5.32 Å². The Morgan fingerprint density at radius 3 is 2.69 bits per heavy atom. The summed E-state index contributed by atoms with van der Waals surface area (Å²) in [6.45, 7) is 1.39. The molecule has 1 rings (SSSR count). The minimum Gasteiger partial charge on any atom is -0.496 e. The van der Waals surface area contributed by atoms with Crippen LogP contribution in [0.3, 0.4) is 0 Å². The molecule has 16 heavy (non-hydrogen) atoms. The Kier molecular flexibility index (Phi) is 4.31. The first-order chi connectivity index (χ1) is 7.54. The molecule has 1 aromatic rings. The first-order valence-electron chi connectivity index (χ1n) is 4.65. The summed E-state index contributed by atoms with van der Waals surface area (Å²) in [5, 5.41) is 2.91. The molecule has 1 aromatic carbocycles. The van der Waals surface area contributed by atoms with Gasteiger partial charge in [0.25, 0.3) is 5.91 Å². The number of carbonyl (C=O) groups is 2. The zero-order valence-corrected chi connectivity index (χ0v) is 9.80. The monoisotopic (exact) mass is 241 g/mol. The molecule has 0 atom stereocenters. The predicted molar refractivity (Wildman–Crippen MR) is 61.0 cm³/mol. The fourth-order valence-electron chi connectivity index (χ4n) is 1.16. The number of rotatable bonds is 4. The number of amides is 1. The maximum Gasteiger partial charge on any atom is 0.255 e. The van der Waals surface area contributed by atoms with Crippen LogP contribution in [-0.2, 0) is 4.79 Å². The zero-order chi connectivity index (χ0) is 12.1.